The summed E-state index contributed by atoms with van der Waals surface area (Å²) in [5, 5.41) is 7.97. The topological polar surface area (TPSA) is 39.1 Å². The first-order valence-corrected chi connectivity index (χ1v) is 7.04. The lowest BCUT2D eigenvalue weighted by atomic mass is 10.1. The molecule has 0 fully saturated rings. The number of hydrogen-bond donors (Lipinski definition) is 1. The Bertz CT molecular complexity index is 336. The van der Waals surface area contributed by atoms with E-state index in [0.29, 0.717) is 6.04 Å². The number of ether oxygens (including phenoxy) is 1. The molecule has 1 aromatic heterocycles. The van der Waals surface area contributed by atoms with E-state index in [-0.39, 0.29) is 0 Å². The summed E-state index contributed by atoms with van der Waals surface area (Å²) in [5.74, 6) is 0. The average molecular weight is 253 g/mol. The highest BCUT2D eigenvalue weighted by atomic mass is 16.5. The molecule has 1 N–H and O–H groups in total. The van der Waals surface area contributed by atoms with Crippen molar-refractivity contribution in [2.24, 2.45) is 7.05 Å². The van der Waals surface area contributed by atoms with Gasteiger partial charge < -0.3 is 10.1 Å². The summed E-state index contributed by atoms with van der Waals surface area (Å²) >= 11 is 0. The summed E-state index contributed by atoms with van der Waals surface area (Å²) in [7, 11) is 2.02. The molecule has 0 radical (unpaired) electrons. The van der Waals surface area contributed by atoms with Crippen LogP contribution in [0.15, 0.2) is 6.07 Å². The van der Waals surface area contributed by atoms with E-state index in [9.17, 15) is 0 Å². The first kappa shape index (κ1) is 15.2. The number of nitrogens with zero attached hydrogens (tertiary/aromatic N) is 2. The van der Waals surface area contributed by atoms with Crippen molar-refractivity contribution in [3.63, 3.8) is 0 Å². The lowest BCUT2D eigenvalue weighted by Crippen LogP contribution is -2.36. The highest BCUT2D eigenvalue weighted by Crippen LogP contribution is 2.07. The zero-order valence-corrected chi connectivity index (χ0v) is 12.2. The third-order valence-electron chi connectivity index (χ3n) is 3.01. The maximum atomic E-state index is 5.65. The molecule has 4 nitrogen and oxygen atoms in total. The molecule has 0 saturated heterocycles. The Morgan fingerprint density at radius 2 is 2.17 bits per heavy atom. The summed E-state index contributed by atoms with van der Waals surface area (Å²) in [6, 6.07) is 2.58. The summed E-state index contributed by atoms with van der Waals surface area (Å²) in [5.41, 5.74) is 2.44. The van der Waals surface area contributed by atoms with Crippen LogP contribution >= 0.6 is 0 Å². The Morgan fingerprint density at radius 3 is 2.72 bits per heavy atom. The molecule has 0 amide bonds. The third-order valence-corrected chi connectivity index (χ3v) is 3.01. The van der Waals surface area contributed by atoms with E-state index in [1.54, 1.807) is 0 Å². The number of hydrogen-bond acceptors (Lipinski definition) is 3. The van der Waals surface area contributed by atoms with Crippen LogP contribution in [0.3, 0.4) is 0 Å². The molecule has 0 aliphatic rings. The normalized spacial score (nSPS) is 12.9. The number of rotatable bonds is 9. The van der Waals surface area contributed by atoms with Crippen molar-refractivity contribution in [1.29, 1.82) is 0 Å². The average Bonchev–Trinajstić information content (AvgIpc) is 2.71. The van der Waals surface area contributed by atoms with Crippen molar-refractivity contribution in [2.75, 3.05) is 19.8 Å². The summed E-state index contributed by atoms with van der Waals surface area (Å²) in [4.78, 5) is 0. The lowest BCUT2D eigenvalue weighted by Gasteiger charge is -2.17. The van der Waals surface area contributed by atoms with E-state index in [1.807, 2.05) is 11.7 Å². The van der Waals surface area contributed by atoms with Crippen molar-refractivity contribution in [1.82, 2.24) is 15.1 Å². The molecule has 0 saturated carbocycles. The van der Waals surface area contributed by atoms with Gasteiger partial charge >= 0.3 is 0 Å². The van der Waals surface area contributed by atoms with Crippen molar-refractivity contribution in [2.45, 2.75) is 46.1 Å². The molecule has 1 rings (SSSR count). The third kappa shape index (κ3) is 4.78. The monoisotopic (exact) mass is 253 g/mol. The van der Waals surface area contributed by atoms with Gasteiger partial charge in [-0.15, -0.1) is 0 Å². The van der Waals surface area contributed by atoms with Gasteiger partial charge in [-0.2, -0.15) is 5.10 Å². The largest absolute Gasteiger partial charge is 0.380 e. The van der Waals surface area contributed by atoms with Crippen LogP contribution in [-0.2, 0) is 24.6 Å². The molecule has 104 valence electrons. The molecule has 1 atom stereocenters. The van der Waals surface area contributed by atoms with Crippen LogP contribution in [0.25, 0.3) is 0 Å². The predicted octanol–water partition coefficient (Wildman–Crippen LogP) is 1.93. The van der Waals surface area contributed by atoms with Gasteiger partial charge in [-0.05, 0) is 25.5 Å². The van der Waals surface area contributed by atoms with Crippen LogP contribution in [0.1, 0.15) is 38.6 Å². The highest BCUT2D eigenvalue weighted by Gasteiger charge is 2.12. The van der Waals surface area contributed by atoms with E-state index in [2.05, 4.69) is 37.3 Å². The van der Waals surface area contributed by atoms with Crippen LogP contribution in [0.4, 0.5) is 0 Å². The fraction of sp³-hybridized carbons (Fsp3) is 0.786. The molecular formula is C14H27N3O. The molecule has 4 heteroatoms. The SMILES string of the molecule is CCCOCC(Cc1cc(CC)nn1C)NCC. The Morgan fingerprint density at radius 1 is 1.39 bits per heavy atom. The molecule has 0 aliphatic carbocycles. The number of nitrogens with one attached hydrogen (secondary N) is 1. The van der Waals surface area contributed by atoms with Crippen molar-refractivity contribution in [3.8, 4) is 0 Å². The van der Waals surface area contributed by atoms with Crippen molar-refractivity contribution < 1.29 is 4.74 Å². The van der Waals surface area contributed by atoms with E-state index in [1.165, 1.54) is 5.69 Å². The van der Waals surface area contributed by atoms with E-state index < -0.39 is 0 Å². The Hall–Kier alpha value is -0.870. The minimum Gasteiger partial charge on any atom is -0.380 e. The fourth-order valence-corrected chi connectivity index (χ4v) is 2.04. The van der Waals surface area contributed by atoms with Crippen LogP contribution in [0, 0.1) is 0 Å². The zero-order valence-electron chi connectivity index (χ0n) is 12.2. The van der Waals surface area contributed by atoms with Gasteiger partial charge in [0.2, 0.25) is 0 Å². The van der Waals surface area contributed by atoms with Gasteiger partial charge in [0, 0.05) is 31.8 Å². The molecule has 0 bridgehead atoms. The summed E-state index contributed by atoms with van der Waals surface area (Å²) in [6.45, 7) is 8.99. The highest BCUT2D eigenvalue weighted by molar-refractivity contribution is 5.11. The number of likely N-dealkylation sites (N-methyl/N-ethyl adjacent to an activating group) is 1. The van der Waals surface area contributed by atoms with E-state index >= 15 is 0 Å². The Balaban J connectivity index is 2.55. The first-order valence-electron chi connectivity index (χ1n) is 7.04. The van der Waals surface area contributed by atoms with Crippen molar-refractivity contribution >= 4 is 0 Å². The second kappa shape index (κ2) is 8.27. The number of aryl methyl sites for hydroxylation is 2. The van der Waals surface area contributed by atoms with Crippen LogP contribution in [0.2, 0.25) is 0 Å². The molecule has 1 aromatic rings. The van der Waals surface area contributed by atoms with Gasteiger partial charge in [-0.1, -0.05) is 20.8 Å². The summed E-state index contributed by atoms with van der Waals surface area (Å²) < 4.78 is 7.64. The lowest BCUT2D eigenvalue weighted by molar-refractivity contribution is 0.111. The molecule has 0 spiro atoms. The van der Waals surface area contributed by atoms with Crippen LogP contribution in [0.5, 0.6) is 0 Å². The van der Waals surface area contributed by atoms with Gasteiger partial charge in [0.05, 0.1) is 12.3 Å². The minimum atomic E-state index is 0.377. The smallest absolute Gasteiger partial charge is 0.0624 e. The van der Waals surface area contributed by atoms with Gasteiger partial charge in [-0.3, -0.25) is 4.68 Å². The van der Waals surface area contributed by atoms with Gasteiger partial charge in [-0.25, -0.2) is 0 Å². The first-order chi connectivity index (χ1) is 8.71. The van der Waals surface area contributed by atoms with E-state index in [4.69, 9.17) is 4.74 Å². The predicted molar refractivity (Wildman–Crippen MR) is 74.9 cm³/mol. The molecule has 1 unspecified atom stereocenters. The second-order valence-corrected chi connectivity index (χ2v) is 4.64. The minimum absolute atomic E-state index is 0.377. The van der Waals surface area contributed by atoms with Crippen molar-refractivity contribution in [3.05, 3.63) is 17.5 Å². The summed E-state index contributed by atoms with van der Waals surface area (Å²) in [6.07, 6.45) is 3.04. The molecular weight excluding hydrogens is 226 g/mol. The Kier molecular flexibility index (Phi) is 6.98. The second-order valence-electron chi connectivity index (χ2n) is 4.64. The maximum Gasteiger partial charge on any atom is 0.0624 e. The number of aromatic nitrogens is 2. The standard InChI is InChI=1S/C14H27N3O/c1-5-8-18-11-13(15-7-3)10-14-9-12(6-2)16-17(14)4/h9,13,15H,5-8,10-11H2,1-4H3. The van der Waals surface area contributed by atoms with E-state index in [0.717, 1.165) is 44.7 Å². The molecule has 0 aromatic carbocycles. The Labute approximate surface area is 111 Å². The quantitative estimate of drug-likeness (QED) is 0.684. The van der Waals surface area contributed by atoms with Gasteiger partial charge in [0.1, 0.15) is 0 Å². The maximum absolute atomic E-state index is 5.65. The van der Waals surface area contributed by atoms with Crippen LogP contribution < -0.4 is 5.32 Å². The van der Waals surface area contributed by atoms with Crippen LogP contribution in [-0.4, -0.2) is 35.6 Å². The molecule has 18 heavy (non-hydrogen) atoms. The van der Waals surface area contributed by atoms with Gasteiger partial charge in [0.25, 0.3) is 0 Å². The molecule has 1 heterocycles. The fourth-order valence-electron chi connectivity index (χ4n) is 2.04. The molecule has 0 aliphatic heterocycles. The van der Waals surface area contributed by atoms with Gasteiger partial charge in [0.15, 0.2) is 0 Å². The zero-order chi connectivity index (χ0) is 13.4.